The summed E-state index contributed by atoms with van der Waals surface area (Å²) in [6, 6.07) is 18.8. The Bertz CT molecular complexity index is 999. The molecular formula is C24H30N3O2+. The summed E-state index contributed by atoms with van der Waals surface area (Å²) in [5, 5.41) is 4.10. The van der Waals surface area contributed by atoms with Crippen molar-refractivity contribution in [3.05, 3.63) is 65.9 Å². The summed E-state index contributed by atoms with van der Waals surface area (Å²) in [6.45, 7) is 2.71. The van der Waals surface area contributed by atoms with E-state index in [2.05, 4.69) is 31.5 Å². The molecule has 3 aromatic rings. The zero-order chi connectivity index (χ0) is 20.4. The SMILES string of the molecule is Cn1c(C(=O)Nc2ccc(C[N+](C)(C)C3CCOCC3)cc2)cc2ccccc21. The molecule has 1 aliphatic heterocycles. The van der Waals surface area contributed by atoms with Crippen LogP contribution >= 0.6 is 0 Å². The number of para-hydroxylation sites is 1. The molecule has 152 valence electrons. The molecule has 5 nitrogen and oxygen atoms in total. The van der Waals surface area contributed by atoms with E-state index in [-0.39, 0.29) is 5.91 Å². The number of hydrogen-bond donors (Lipinski definition) is 1. The van der Waals surface area contributed by atoms with E-state index in [1.807, 2.05) is 54.1 Å². The zero-order valence-electron chi connectivity index (χ0n) is 17.5. The number of nitrogens with zero attached hydrogens (tertiary/aromatic N) is 2. The van der Waals surface area contributed by atoms with Gasteiger partial charge in [0, 0.05) is 42.0 Å². The second-order valence-corrected chi connectivity index (χ2v) is 8.58. The largest absolute Gasteiger partial charge is 0.381 e. The van der Waals surface area contributed by atoms with Crippen LogP contribution in [-0.2, 0) is 18.3 Å². The van der Waals surface area contributed by atoms with E-state index in [9.17, 15) is 4.79 Å². The predicted molar refractivity (Wildman–Crippen MR) is 117 cm³/mol. The van der Waals surface area contributed by atoms with Crippen LogP contribution in [0, 0.1) is 0 Å². The van der Waals surface area contributed by atoms with Crippen LogP contribution in [0.1, 0.15) is 28.9 Å². The highest BCUT2D eigenvalue weighted by atomic mass is 16.5. The Balaban J connectivity index is 1.43. The molecule has 1 aromatic heterocycles. The summed E-state index contributed by atoms with van der Waals surface area (Å²) in [7, 11) is 6.52. The van der Waals surface area contributed by atoms with Gasteiger partial charge in [-0.3, -0.25) is 4.79 Å². The maximum Gasteiger partial charge on any atom is 0.272 e. The molecule has 2 aromatic carbocycles. The molecule has 0 aliphatic carbocycles. The monoisotopic (exact) mass is 392 g/mol. The summed E-state index contributed by atoms with van der Waals surface area (Å²) >= 11 is 0. The Morgan fingerprint density at radius 1 is 1.10 bits per heavy atom. The van der Waals surface area contributed by atoms with Gasteiger partial charge >= 0.3 is 0 Å². The molecule has 1 fully saturated rings. The lowest BCUT2D eigenvalue weighted by Crippen LogP contribution is -2.50. The topological polar surface area (TPSA) is 43.3 Å². The van der Waals surface area contributed by atoms with Crippen molar-refractivity contribution in [1.29, 1.82) is 0 Å². The van der Waals surface area contributed by atoms with Crippen LogP contribution in [0.25, 0.3) is 10.9 Å². The van der Waals surface area contributed by atoms with Gasteiger partial charge in [0.15, 0.2) is 0 Å². The maximum atomic E-state index is 12.8. The molecule has 0 radical (unpaired) electrons. The number of anilines is 1. The van der Waals surface area contributed by atoms with Gasteiger partial charge in [0.25, 0.3) is 5.91 Å². The Hall–Kier alpha value is -2.63. The highest BCUT2D eigenvalue weighted by Gasteiger charge is 2.30. The number of rotatable bonds is 5. The van der Waals surface area contributed by atoms with Crippen molar-refractivity contribution in [1.82, 2.24) is 4.57 Å². The van der Waals surface area contributed by atoms with Crippen molar-refractivity contribution < 1.29 is 14.0 Å². The first-order chi connectivity index (χ1) is 13.9. The van der Waals surface area contributed by atoms with E-state index < -0.39 is 0 Å². The Morgan fingerprint density at radius 3 is 2.48 bits per heavy atom. The first kappa shape index (κ1) is 19.7. The highest BCUT2D eigenvalue weighted by molar-refractivity contribution is 6.06. The van der Waals surface area contributed by atoms with Gasteiger partial charge in [0.2, 0.25) is 0 Å². The average molecular weight is 393 g/mol. The minimum atomic E-state index is -0.0882. The second kappa shape index (κ2) is 8.01. The van der Waals surface area contributed by atoms with Crippen molar-refractivity contribution >= 4 is 22.5 Å². The fourth-order valence-corrected chi connectivity index (χ4v) is 4.38. The van der Waals surface area contributed by atoms with Gasteiger partial charge in [-0.25, -0.2) is 0 Å². The van der Waals surface area contributed by atoms with Crippen molar-refractivity contribution in [2.75, 3.05) is 32.6 Å². The Morgan fingerprint density at radius 2 is 1.79 bits per heavy atom. The zero-order valence-corrected chi connectivity index (χ0v) is 17.5. The van der Waals surface area contributed by atoms with Gasteiger partial charge in [-0.2, -0.15) is 0 Å². The van der Waals surface area contributed by atoms with Crippen molar-refractivity contribution in [2.24, 2.45) is 7.05 Å². The predicted octanol–water partition coefficient (Wildman–Crippen LogP) is 4.19. The third-order valence-electron chi connectivity index (χ3n) is 6.17. The lowest BCUT2D eigenvalue weighted by molar-refractivity contribution is -0.929. The second-order valence-electron chi connectivity index (χ2n) is 8.58. The third kappa shape index (κ3) is 4.21. The molecule has 0 atom stereocenters. The fourth-order valence-electron chi connectivity index (χ4n) is 4.38. The lowest BCUT2D eigenvalue weighted by atomic mass is 10.0. The van der Waals surface area contributed by atoms with E-state index in [0.29, 0.717) is 11.7 Å². The maximum absolute atomic E-state index is 12.8. The Labute approximate surface area is 172 Å². The highest BCUT2D eigenvalue weighted by Crippen LogP contribution is 2.23. The summed E-state index contributed by atoms with van der Waals surface area (Å²) in [5.41, 5.74) is 3.82. The van der Waals surface area contributed by atoms with Gasteiger partial charge in [-0.1, -0.05) is 30.3 Å². The minimum Gasteiger partial charge on any atom is -0.381 e. The molecule has 1 amide bonds. The fraction of sp³-hybridized carbons (Fsp3) is 0.375. The number of hydrogen-bond acceptors (Lipinski definition) is 2. The first-order valence-electron chi connectivity index (χ1n) is 10.3. The lowest BCUT2D eigenvalue weighted by Gasteiger charge is -2.40. The third-order valence-corrected chi connectivity index (χ3v) is 6.17. The number of aromatic nitrogens is 1. The molecule has 4 rings (SSSR count). The van der Waals surface area contributed by atoms with Crippen LogP contribution in [0.3, 0.4) is 0 Å². The first-order valence-corrected chi connectivity index (χ1v) is 10.3. The number of benzene rings is 2. The molecule has 0 spiro atoms. The van der Waals surface area contributed by atoms with Crippen molar-refractivity contribution in [2.45, 2.75) is 25.4 Å². The van der Waals surface area contributed by atoms with E-state index in [0.717, 1.165) is 53.7 Å². The van der Waals surface area contributed by atoms with Crippen LogP contribution in [0.5, 0.6) is 0 Å². The van der Waals surface area contributed by atoms with Crippen LogP contribution in [-0.4, -0.2) is 48.3 Å². The number of ether oxygens (including phenoxy) is 1. The smallest absolute Gasteiger partial charge is 0.272 e. The number of carbonyl (C=O) groups excluding carboxylic acids is 1. The average Bonchev–Trinajstić information content (AvgIpc) is 3.07. The van der Waals surface area contributed by atoms with Gasteiger partial charge < -0.3 is 19.1 Å². The molecule has 0 saturated carbocycles. The van der Waals surface area contributed by atoms with E-state index >= 15 is 0 Å². The molecule has 0 bridgehead atoms. The number of amides is 1. The molecule has 1 aliphatic rings. The summed E-state index contributed by atoms with van der Waals surface area (Å²) < 4.78 is 8.41. The van der Waals surface area contributed by atoms with Gasteiger partial charge in [-0.05, 0) is 24.3 Å². The number of nitrogens with one attached hydrogen (secondary N) is 1. The van der Waals surface area contributed by atoms with E-state index in [1.165, 1.54) is 5.56 Å². The quantitative estimate of drug-likeness (QED) is 0.662. The van der Waals surface area contributed by atoms with E-state index in [4.69, 9.17) is 4.74 Å². The Kier molecular flexibility index (Phi) is 5.43. The molecule has 29 heavy (non-hydrogen) atoms. The summed E-state index contributed by atoms with van der Waals surface area (Å²) in [6.07, 6.45) is 2.23. The normalized spacial score (nSPS) is 15.6. The number of aryl methyl sites for hydroxylation is 1. The molecule has 1 N–H and O–H groups in total. The number of quaternary nitrogens is 1. The van der Waals surface area contributed by atoms with Crippen molar-refractivity contribution in [3.63, 3.8) is 0 Å². The van der Waals surface area contributed by atoms with Crippen LogP contribution in [0.4, 0.5) is 5.69 Å². The number of carbonyl (C=O) groups is 1. The summed E-state index contributed by atoms with van der Waals surface area (Å²) in [4.78, 5) is 12.8. The van der Waals surface area contributed by atoms with E-state index in [1.54, 1.807) is 0 Å². The molecule has 0 unspecified atom stereocenters. The molecule has 2 heterocycles. The van der Waals surface area contributed by atoms with Gasteiger partial charge in [-0.15, -0.1) is 0 Å². The van der Waals surface area contributed by atoms with Gasteiger partial charge in [0.05, 0.1) is 33.4 Å². The summed E-state index contributed by atoms with van der Waals surface area (Å²) in [5.74, 6) is -0.0882. The van der Waals surface area contributed by atoms with Gasteiger partial charge in [0.1, 0.15) is 12.2 Å². The van der Waals surface area contributed by atoms with Crippen LogP contribution in [0.2, 0.25) is 0 Å². The minimum absolute atomic E-state index is 0.0882. The molecule has 5 heteroatoms. The number of fused-ring (bicyclic) bond motifs is 1. The molecular weight excluding hydrogens is 362 g/mol. The molecule has 1 saturated heterocycles. The standard InChI is InChI=1S/C24H29N3O2/c1-26-22-7-5-4-6-19(22)16-23(26)24(28)25-20-10-8-18(9-11-20)17-27(2,3)21-12-14-29-15-13-21/h4-11,16,21H,12-15,17H2,1-3H3/p+1. The van der Waals surface area contributed by atoms with Crippen LogP contribution < -0.4 is 5.32 Å². The van der Waals surface area contributed by atoms with Crippen LogP contribution in [0.15, 0.2) is 54.6 Å². The van der Waals surface area contributed by atoms with Crippen molar-refractivity contribution in [3.8, 4) is 0 Å².